The van der Waals surface area contributed by atoms with Gasteiger partial charge in [-0.25, -0.2) is 17.8 Å². The third-order valence-electron chi connectivity index (χ3n) is 7.33. The van der Waals surface area contributed by atoms with Gasteiger partial charge >= 0.3 is 18.8 Å². The normalized spacial score (nSPS) is 17.1. The van der Waals surface area contributed by atoms with E-state index in [-0.39, 0.29) is 43.0 Å². The monoisotopic (exact) mass is 676 g/mol. The number of hydrogen-bond acceptors (Lipinski definition) is 9. The number of pyridine rings is 1. The molecular weight excluding hydrogens is 650 g/mol. The van der Waals surface area contributed by atoms with Crippen LogP contribution in [-0.2, 0) is 21.0 Å². The fraction of sp³-hybridized carbons (Fsp3) is 0.357. The molecule has 2 aromatic carbocycles. The number of aliphatic hydroxyl groups excluding tert-OH is 1. The highest BCUT2D eigenvalue weighted by atomic mass is 32.2. The lowest BCUT2D eigenvalue weighted by Crippen LogP contribution is -2.61. The molecule has 0 bridgehead atoms. The molecule has 0 spiro atoms. The number of aromatic nitrogens is 1. The minimum atomic E-state index is -4.98. The van der Waals surface area contributed by atoms with Crippen molar-refractivity contribution >= 4 is 27.4 Å². The number of nitrogens with zero attached hydrogens (tertiary/aromatic N) is 4. The average Bonchev–Trinajstić information content (AvgIpc) is 2.97. The Morgan fingerprint density at radius 1 is 1.04 bits per heavy atom. The van der Waals surface area contributed by atoms with Crippen LogP contribution in [0.15, 0.2) is 53.6 Å². The van der Waals surface area contributed by atoms with Gasteiger partial charge in [0.25, 0.3) is 10.0 Å². The van der Waals surface area contributed by atoms with Crippen LogP contribution in [0.25, 0.3) is 11.1 Å². The van der Waals surface area contributed by atoms with E-state index in [1.807, 2.05) is 4.90 Å². The van der Waals surface area contributed by atoms with E-state index in [0.717, 1.165) is 22.5 Å². The zero-order chi connectivity index (χ0) is 33.4. The summed E-state index contributed by atoms with van der Waals surface area (Å²) in [5.41, 5.74) is -0.897. The minimum Gasteiger partial charge on any atom is -0.480 e. The first kappa shape index (κ1) is 33.1. The second kappa shape index (κ2) is 12.8. The molecule has 18 heteroatoms. The van der Waals surface area contributed by atoms with Crippen LogP contribution in [0.3, 0.4) is 0 Å². The lowest BCUT2D eigenvalue weighted by Gasteiger charge is -2.49. The molecule has 0 aliphatic carbocycles. The number of carboxylic acids is 1. The van der Waals surface area contributed by atoms with Gasteiger partial charge in [-0.2, -0.15) is 22.0 Å². The fourth-order valence-electron chi connectivity index (χ4n) is 5.43. The maximum atomic E-state index is 14.4. The van der Waals surface area contributed by atoms with E-state index in [9.17, 15) is 49.8 Å². The average molecular weight is 677 g/mol. The highest BCUT2D eigenvalue weighted by molar-refractivity contribution is 7.93. The van der Waals surface area contributed by atoms with Crippen molar-refractivity contribution in [1.29, 1.82) is 0 Å². The summed E-state index contributed by atoms with van der Waals surface area (Å²) in [5.74, 6) is -3.23. The molecule has 248 valence electrons. The van der Waals surface area contributed by atoms with Crippen LogP contribution < -0.4 is 18.7 Å². The van der Waals surface area contributed by atoms with Gasteiger partial charge in [-0.15, -0.1) is 0 Å². The SMILES string of the molecule is O=C(O)CN1CCN2c3ccc(-c4cc(F)cc(OC(F)F)c4)cc3N(S(=O)(=O)c3cc(C(F)(F)F)cnc3OCCO)CC2C1. The predicted molar refractivity (Wildman–Crippen MR) is 150 cm³/mol. The number of benzene rings is 2. The van der Waals surface area contributed by atoms with Crippen molar-refractivity contribution < 1.29 is 59.2 Å². The summed E-state index contributed by atoms with van der Waals surface area (Å²) in [6, 6.07) is 6.88. The predicted octanol–water partition coefficient (Wildman–Crippen LogP) is 3.66. The molecule has 1 aromatic heterocycles. The van der Waals surface area contributed by atoms with Gasteiger partial charge in [0.05, 0.1) is 42.7 Å². The Labute approximate surface area is 258 Å². The number of hydrogen-bond donors (Lipinski definition) is 2. The summed E-state index contributed by atoms with van der Waals surface area (Å²) in [7, 11) is -4.94. The van der Waals surface area contributed by atoms with E-state index in [2.05, 4.69) is 9.72 Å². The molecule has 3 aromatic rings. The first-order valence-electron chi connectivity index (χ1n) is 13.6. The molecule has 1 fully saturated rings. The quantitative estimate of drug-likeness (QED) is 0.307. The second-order valence-electron chi connectivity index (χ2n) is 10.4. The van der Waals surface area contributed by atoms with Gasteiger partial charge in [0.2, 0.25) is 5.88 Å². The molecule has 1 unspecified atom stereocenters. The van der Waals surface area contributed by atoms with Crippen molar-refractivity contribution in [3.8, 4) is 22.8 Å². The molecule has 5 rings (SSSR count). The number of sulfonamides is 1. The molecule has 0 amide bonds. The summed E-state index contributed by atoms with van der Waals surface area (Å²) >= 11 is 0. The summed E-state index contributed by atoms with van der Waals surface area (Å²) in [5, 5.41) is 18.5. The van der Waals surface area contributed by atoms with Gasteiger partial charge in [0.15, 0.2) is 4.90 Å². The molecule has 11 nitrogen and oxygen atoms in total. The van der Waals surface area contributed by atoms with Crippen LogP contribution >= 0.6 is 0 Å². The van der Waals surface area contributed by atoms with Crippen LogP contribution in [-0.4, -0.2) is 93.1 Å². The van der Waals surface area contributed by atoms with E-state index in [1.165, 1.54) is 18.2 Å². The summed E-state index contributed by atoms with van der Waals surface area (Å²) in [6.07, 6.45) is -4.59. The standard InChI is InChI=1S/C28H26F6N4O7S/c29-19-7-17(8-21(11-19)45-27(30)31)16-1-2-22-23(9-16)38(14-20-13-36(15-25(40)41)3-4-37(20)22)46(42,43)24-10-18(28(32,33)34)12-35-26(24)44-6-5-39/h1-2,7-12,20,27,39H,3-6,13-15H2,(H,40,41). The molecule has 1 atom stereocenters. The fourth-order valence-corrected chi connectivity index (χ4v) is 7.05. The molecule has 2 aliphatic heterocycles. The van der Waals surface area contributed by atoms with Crippen molar-refractivity contribution in [3.63, 3.8) is 0 Å². The largest absolute Gasteiger partial charge is 0.480 e. The highest BCUT2D eigenvalue weighted by Gasteiger charge is 2.42. The van der Waals surface area contributed by atoms with E-state index in [0.29, 0.717) is 24.5 Å². The van der Waals surface area contributed by atoms with Gasteiger partial charge in [-0.1, -0.05) is 6.07 Å². The lowest BCUT2D eigenvalue weighted by molar-refractivity contribution is -0.139. The Kier molecular flexibility index (Phi) is 9.23. The van der Waals surface area contributed by atoms with Crippen LogP contribution in [0.1, 0.15) is 5.56 Å². The number of fused-ring (bicyclic) bond motifs is 3. The molecule has 2 N–H and O–H groups in total. The van der Waals surface area contributed by atoms with Crippen LogP contribution in [0.4, 0.5) is 37.7 Å². The van der Waals surface area contributed by atoms with Gasteiger partial charge in [0, 0.05) is 31.9 Å². The summed E-state index contributed by atoms with van der Waals surface area (Å²) in [4.78, 5) is 17.4. The number of aliphatic carboxylic acids is 1. The van der Waals surface area contributed by atoms with Crippen molar-refractivity contribution in [1.82, 2.24) is 9.88 Å². The maximum absolute atomic E-state index is 14.4. The highest BCUT2D eigenvalue weighted by Crippen LogP contribution is 2.44. The summed E-state index contributed by atoms with van der Waals surface area (Å²) < 4.78 is 120. The molecular formula is C28H26F6N4O7S. The number of carbonyl (C=O) groups is 1. The topological polar surface area (TPSA) is 133 Å². The van der Waals surface area contributed by atoms with Gasteiger partial charge in [0.1, 0.15) is 18.2 Å². The Balaban J connectivity index is 1.66. The van der Waals surface area contributed by atoms with Gasteiger partial charge < -0.3 is 24.6 Å². The van der Waals surface area contributed by atoms with Crippen molar-refractivity contribution in [2.45, 2.75) is 23.7 Å². The minimum absolute atomic E-state index is 0.0356. The zero-order valence-electron chi connectivity index (χ0n) is 23.6. The number of aliphatic hydroxyl groups is 1. The van der Waals surface area contributed by atoms with Crippen molar-refractivity contribution in [3.05, 3.63) is 60.0 Å². The van der Waals surface area contributed by atoms with Crippen LogP contribution in [0.2, 0.25) is 0 Å². The summed E-state index contributed by atoms with van der Waals surface area (Å²) in [6.45, 7) is -4.36. The first-order chi connectivity index (χ1) is 21.7. The number of halogens is 6. The molecule has 46 heavy (non-hydrogen) atoms. The number of anilines is 2. The van der Waals surface area contributed by atoms with E-state index in [4.69, 9.17) is 4.74 Å². The number of piperazine rings is 1. The second-order valence-corrected chi connectivity index (χ2v) is 12.2. The Morgan fingerprint density at radius 3 is 2.48 bits per heavy atom. The van der Waals surface area contributed by atoms with Gasteiger partial charge in [-0.05, 0) is 41.5 Å². The molecule has 0 saturated carbocycles. The number of carboxylic acid groups (broad SMARTS) is 1. The third-order valence-corrected chi connectivity index (χ3v) is 9.10. The van der Waals surface area contributed by atoms with E-state index < -0.39 is 75.9 Å². The van der Waals surface area contributed by atoms with E-state index >= 15 is 0 Å². The molecule has 1 saturated heterocycles. The van der Waals surface area contributed by atoms with Crippen molar-refractivity contribution in [2.24, 2.45) is 0 Å². The van der Waals surface area contributed by atoms with Crippen molar-refractivity contribution in [2.75, 3.05) is 55.1 Å². The molecule has 3 heterocycles. The Hall–Kier alpha value is -4.29. The smallest absolute Gasteiger partial charge is 0.417 e. The molecule has 0 radical (unpaired) electrons. The first-order valence-corrected chi connectivity index (χ1v) is 15.1. The third kappa shape index (κ3) is 6.92. The van der Waals surface area contributed by atoms with Gasteiger partial charge in [-0.3, -0.25) is 14.0 Å². The Morgan fingerprint density at radius 2 is 1.80 bits per heavy atom. The number of rotatable bonds is 10. The Bertz CT molecular complexity index is 1730. The number of alkyl halides is 5. The molecule has 2 aliphatic rings. The van der Waals surface area contributed by atoms with E-state index in [1.54, 1.807) is 4.90 Å². The van der Waals surface area contributed by atoms with Crippen LogP contribution in [0.5, 0.6) is 11.6 Å². The lowest BCUT2D eigenvalue weighted by atomic mass is 10.00. The zero-order valence-corrected chi connectivity index (χ0v) is 24.4. The number of ether oxygens (including phenoxy) is 2. The van der Waals surface area contributed by atoms with Crippen LogP contribution in [0, 0.1) is 5.82 Å². The maximum Gasteiger partial charge on any atom is 0.417 e.